The third kappa shape index (κ3) is 7.24. The van der Waals surface area contributed by atoms with Crippen molar-refractivity contribution in [1.82, 2.24) is 0 Å². The van der Waals surface area contributed by atoms with Gasteiger partial charge in [-0.05, 0) is 0 Å². The molecule has 0 aromatic carbocycles. The minimum atomic E-state index is -1.53. The molecule has 1 saturated heterocycles. The third-order valence-electron chi connectivity index (χ3n) is 2.88. The zero-order valence-corrected chi connectivity index (χ0v) is 13.9. The molecule has 5 atom stereocenters. The number of carbonyl (C=O) groups excluding carboxylic acids is 4. The molecule has 0 bridgehead atoms. The van der Waals surface area contributed by atoms with Crippen molar-refractivity contribution in [1.29, 1.82) is 0 Å². The van der Waals surface area contributed by atoms with Crippen molar-refractivity contribution < 1.29 is 48.3 Å². The minimum Gasteiger partial charge on any atom is -0.463 e. The summed E-state index contributed by atoms with van der Waals surface area (Å²) in [7, 11) is 0. The van der Waals surface area contributed by atoms with E-state index in [0.29, 0.717) is 0 Å². The van der Waals surface area contributed by atoms with Crippen LogP contribution in [0, 0.1) is 0 Å². The van der Waals surface area contributed by atoms with E-state index < -0.39 is 88.7 Å². The summed E-state index contributed by atoms with van der Waals surface area (Å²) < 4.78 is 53.3. The number of halogens is 1. The molecular weight excluding hydrogens is 362 g/mol. The fourth-order valence-corrected chi connectivity index (χ4v) is 2.12. The van der Waals surface area contributed by atoms with Gasteiger partial charge in [0.15, 0.2) is 18.3 Å². The van der Waals surface area contributed by atoms with Gasteiger partial charge >= 0.3 is 23.9 Å². The van der Waals surface area contributed by atoms with Crippen LogP contribution in [0.25, 0.3) is 0 Å². The summed E-state index contributed by atoms with van der Waals surface area (Å²) in [6.45, 7) is -3.59. The van der Waals surface area contributed by atoms with E-state index in [2.05, 4.69) is 0 Å². The van der Waals surface area contributed by atoms with Crippen LogP contribution >= 0.6 is 12.4 Å². The molecule has 1 unspecified atom stereocenters. The number of hydrogen-bond acceptors (Lipinski definition) is 10. The Hall–Kier alpha value is -1.91. The summed E-state index contributed by atoms with van der Waals surface area (Å²) >= 11 is 0. The fourth-order valence-electron chi connectivity index (χ4n) is 2.12. The summed E-state index contributed by atoms with van der Waals surface area (Å²) in [5.74, 6) is -4.04. The van der Waals surface area contributed by atoms with Crippen molar-refractivity contribution in [3.05, 3.63) is 0 Å². The first-order chi connectivity index (χ1) is 13.3. The molecular formula is C14H22ClNO9. The molecule has 0 radical (unpaired) electrons. The second-order valence-corrected chi connectivity index (χ2v) is 4.69. The third-order valence-corrected chi connectivity index (χ3v) is 2.88. The van der Waals surface area contributed by atoms with Crippen molar-refractivity contribution in [2.75, 3.05) is 6.61 Å². The van der Waals surface area contributed by atoms with E-state index >= 15 is 0 Å². The zero-order valence-electron chi connectivity index (χ0n) is 17.1. The molecule has 144 valence electrons. The molecule has 25 heavy (non-hydrogen) atoms. The number of ether oxygens (including phenoxy) is 5. The molecule has 10 nitrogen and oxygen atoms in total. The van der Waals surface area contributed by atoms with E-state index in [1.807, 2.05) is 0 Å². The number of esters is 4. The Morgan fingerprint density at radius 3 is 1.88 bits per heavy atom. The predicted octanol–water partition coefficient (Wildman–Crippen LogP) is -0.550. The van der Waals surface area contributed by atoms with Gasteiger partial charge in [-0.3, -0.25) is 19.2 Å². The second kappa shape index (κ2) is 10.2. The van der Waals surface area contributed by atoms with Crippen LogP contribution in [-0.2, 0) is 42.9 Å². The summed E-state index contributed by atoms with van der Waals surface area (Å²) in [5.41, 5.74) is 5.79. The normalized spacial score (nSPS) is 30.2. The van der Waals surface area contributed by atoms with Gasteiger partial charge in [-0.15, -0.1) is 12.4 Å². The lowest BCUT2D eigenvalue weighted by molar-refractivity contribution is -0.251. The maximum Gasteiger partial charge on any atom is 0.303 e. The van der Waals surface area contributed by atoms with Crippen LogP contribution in [0.1, 0.15) is 33.1 Å². The summed E-state index contributed by atoms with van der Waals surface area (Å²) in [6.07, 6.45) is -7.19. The maximum atomic E-state index is 11.7. The number of carbonyl (C=O) groups is 4. The molecule has 0 aliphatic carbocycles. The highest BCUT2D eigenvalue weighted by Gasteiger charge is 2.51. The molecule has 0 aromatic heterocycles. The first-order valence-corrected chi connectivity index (χ1v) is 6.59. The molecule has 1 heterocycles. The molecule has 0 spiro atoms. The molecule has 0 aromatic rings. The average Bonchev–Trinajstić information content (AvgIpc) is 2.69. The largest absolute Gasteiger partial charge is 0.463 e. The molecule has 2 N–H and O–H groups in total. The zero-order chi connectivity index (χ0) is 21.3. The van der Waals surface area contributed by atoms with Gasteiger partial charge in [0.2, 0.25) is 0 Å². The molecule has 1 rings (SSSR count). The minimum absolute atomic E-state index is 0. The average molecular weight is 388 g/mol. The monoisotopic (exact) mass is 387 g/mol. The van der Waals surface area contributed by atoms with E-state index in [4.69, 9.17) is 34.9 Å². The van der Waals surface area contributed by atoms with Gasteiger partial charge in [0.25, 0.3) is 0 Å². The molecule has 0 saturated carbocycles. The highest BCUT2D eigenvalue weighted by atomic mass is 35.5. The molecule has 1 aliphatic rings. The fraction of sp³-hybridized carbons (Fsp3) is 0.714. The summed E-state index contributed by atoms with van der Waals surface area (Å²) in [4.78, 5) is 46.1. The van der Waals surface area contributed by atoms with Crippen molar-refractivity contribution in [3.8, 4) is 0 Å². The molecule has 1 aliphatic heterocycles. The lowest BCUT2D eigenvalue weighted by Gasteiger charge is -2.43. The quantitative estimate of drug-likeness (QED) is 0.482. The number of nitrogens with two attached hydrogens (primary N) is 1. The molecule has 11 heteroatoms. The van der Waals surface area contributed by atoms with E-state index in [-0.39, 0.29) is 12.4 Å². The van der Waals surface area contributed by atoms with Gasteiger partial charge in [-0.2, -0.15) is 0 Å². The number of rotatable bonds is 5. The SMILES string of the molecule is Cl.[2H]CC(=O)OC[C@H]1OC(N)[C@H](OC(=O)C[2H])[C@@H](OC(=O)C[2H])[C@H]1OC(=O)C[2H]. The van der Waals surface area contributed by atoms with Crippen molar-refractivity contribution >= 4 is 36.3 Å². The van der Waals surface area contributed by atoms with Crippen LogP contribution in [0.5, 0.6) is 0 Å². The molecule has 0 amide bonds. The summed E-state index contributed by atoms with van der Waals surface area (Å²) in [5, 5.41) is 0. The van der Waals surface area contributed by atoms with Crippen LogP contribution in [0.4, 0.5) is 0 Å². The van der Waals surface area contributed by atoms with E-state index in [0.717, 1.165) is 0 Å². The Morgan fingerprint density at radius 1 is 0.880 bits per heavy atom. The number of hydrogen-bond donors (Lipinski definition) is 1. The molecule has 1 fully saturated rings. The topological polar surface area (TPSA) is 140 Å². The van der Waals surface area contributed by atoms with Crippen molar-refractivity contribution in [2.45, 2.75) is 58.2 Å². The second-order valence-electron chi connectivity index (χ2n) is 4.69. The first kappa shape index (κ1) is 16.6. The predicted molar refractivity (Wildman–Crippen MR) is 83.4 cm³/mol. The lowest BCUT2D eigenvalue weighted by Crippen LogP contribution is -2.64. The Balaban J connectivity index is 0.00000784. The van der Waals surface area contributed by atoms with E-state index in [1.54, 1.807) is 0 Å². The Kier molecular flexibility index (Phi) is 6.73. The van der Waals surface area contributed by atoms with Crippen LogP contribution < -0.4 is 5.73 Å². The van der Waals surface area contributed by atoms with Gasteiger partial charge in [-0.1, -0.05) is 0 Å². The van der Waals surface area contributed by atoms with E-state index in [9.17, 15) is 19.2 Å². The maximum absolute atomic E-state index is 11.7. The Labute approximate surface area is 156 Å². The van der Waals surface area contributed by atoms with Crippen LogP contribution in [0.15, 0.2) is 0 Å². The highest BCUT2D eigenvalue weighted by Crippen LogP contribution is 2.27. The Morgan fingerprint density at radius 2 is 1.36 bits per heavy atom. The van der Waals surface area contributed by atoms with Crippen LogP contribution in [0.3, 0.4) is 0 Å². The van der Waals surface area contributed by atoms with Crippen LogP contribution in [0.2, 0.25) is 0 Å². The lowest BCUT2D eigenvalue weighted by atomic mass is 9.97. The highest BCUT2D eigenvalue weighted by molar-refractivity contribution is 5.85. The van der Waals surface area contributed by atoms with Gasteiger partial charge in [0.1, 0.15) is 18.9 Å². The Bertz CT molecular complexity index is 585. The van der Waals surface area contributed by atoms with Gasteiger partial charge in [0.05, 0.1) is 0 Å². The van der Waals surface area contributed by atoms with Gasteiger partial charge in [-0.25, -0.2) is 0 Å². The first-order valence-electron chi connectivity index (χ1n) is 9.42. The van der Waals surface area contributed by atoms with E-state index in [1.165, 1.54) is 0 Å². The van der Waals surface area contributed by atoms with Crippen LogP contribution in [-0.4, -0.2) is 61.1 Å². The van der Waals surface area contributed by atoms with Crippen molar-refractivity contribution in [3.63, 3.8) is 0 Å². The van der Waals surface area contributed by atoms with Crippen molar-refractivity contribution in [2.24, 2.45) is 5.73 Å². The van der Waals surface area contributed by atoms with Gasteiger partial charge < -0.3 is 29.4 Å². The van der Waals surface area contributed by atoms with Gasteiger partial charge in [0, 0.05) is 33.1 Å². The smallest absolute Gasteiger partial charge is 0.303 e. The summed E-state index contributed by atoms with van der Waals surface area (Å²) in [6, 6.07) is 0. The standard InChI is InChI=1S/C14H21NO9.ClH/c1-6(16)20-5-10-11(21-7(2)17)12(22-8(3)18)13(14(15)24-10)23-9(4)19;/h10-14H,5,15H2,1-4H3;1H/t10-,11+,12+,13-,14?;/m1./s1/i1D,2D,3D,4D;.